The van der Waals surface area contributed by atoms with Crippen LogP contribution in [0.25, 0.3) is 0 Å². The average molecular weight is 253 g/mol. The van der Waals surface area contributed by atoms with Gasteiger partial charge < -0.3 is 10.1 Å². The fraction of sp³-hybridized carbons (Fsp3) is 0.294. The number of rotatable bonds is 3. The molecule has 0 unspecified atom stereocenters. The molecule has 0 saturated heterocycles. The minimum Gasteiger partial charge on any atom is -0.493 e. The van der Waals surface area contributed by atoms with Crippen LogP contribution in [0.3, 0.4) is 0 Å². The van der Waals surface area contributed by atoms with Crippen molar-refractivity contribution in [3.63, 3.8) is 0 Å². The van der Waals surface area contributed by atoms with Crippen LogP contribution >= 0.6 is 0 Å². The highest BCUT2D eigenvalue weighted by atomic mass is 16.5. The Bertz CT molecular complexity index is 584. The van der Waals surface area contributed by atoms with Crippen molar-refractivity contribution >= 4 is 5.69 Å². The molecule has 1 aliphatic heterocycles. The van der Waals surface area contributed by atoms with Crippen LogP contribution in [0.15, 0.2) is 36.4 Å². The Balaban J connectivity index is 1.72. The summed E-state index contributed by atoms with van der Waals surface area (Å²) in [5, 5.41) is 3.49. The van der Waals surface area contributed by atoms with Gasteiger partial charge in [0.2, 0.25) is 0 Å². The van der Waals surface area contributed by atoms with Crippen LogP contribution in [-0.2, 0) is 13.0 Å². The highest BCUT2D eigenvalue weighted by molar-refractivity contribution is 5.52. The zero-order valence-corrected chi connectivity index (χ0v) is 11.5. The van der Waals surface area contributed by atoms with Crippen LogP contribution in [0.5, 0.6) is 5.75 Å². The first-order valence-corrected chi connectivity index (χ1v) is 6.77. The van der Waals surface area contributed by atoms with Gasteiger partial charge >= 0.3 is 0 Å². The predicted molar refractivity (Wildman–Crippen MR) is 78.9 cm³/mol. The molecule has 0 saturated carbocycles. The van der Waals surface area contributed by atoms with Gasteiger partial charge in [-0.1, -0.05) is 29.3 Å². The van der Waals surface area contributed by atoms with Crippen molar-refractivity contribution < 1.29 is 4.74 Å². The summed E-state index contributed by atoms with van der Waals surface area (Å²) in [6.07, 6.45) is 1.02. The number of hydrogen-bond acceptors (Lipinski definition) is 2. The Morgan fingerprint density at radius 1 is 1.05 bits per heavy atom. The standard InChI is InChI=1S/C17H19NO/c1-12-7-13(2)9-14(8-12)11-18-16-3-4-17-15(10-16)5-6-19-17/h3-4,7-10,18H,5-6,11H2,1-2H3. The maximum Gasteiger partial charge on any atom is 0.122 e. The van der Waals surface area contributed by atoms with Gasteiger partial charge in [-0.2, -0.15) is 0 Å². The van der Waals surface area contributed by atoms with Gasteiger partial charge in [0.05, 0.1) is 6.61 Å². The lowest BCUT2D eigenvalue weighted by atomic mass is 10.1. The molecule has 1 N–H and O–H groups in total. The van der Waals surface area contributed by atoms with E-state index in [0.717, 1.165) is 25.3 Å². The summed E-state index contributed by atoms with van der Waals surface area (Å²) in [4.78, 5) is 0. The molecule has 2 heteroatoms. The number of hydrogen-bond donors (Lipinski definition) is 1. The number of ether oxygens (including phenoxy) is 1. The fourth-order valence-corrected chi connectivity index (χ4v) is 2.67. The molecule has 2 aromatic rings. The molecule has 0 amide bonds. The summed E-state index contributed by atoms with van der Waals surface area (Å²) in [6.45, 7) is 5.96. The molecule has 19 heavy (non-hydrogen) atoms. The molecule has 2 nitrogen and oxygen atoms in total. The number of aryl methyl sites for hydroxylation is 2. The number of benzene rings is 2. The third-order valence-electron chi connectivity index (χ3n) is 3.47. The molecule has 2 aromatic carbocycles. The van der Waals surface area contributed by atoms with Crippen molar-refractivity contribution in [2.75, 3.05) is 11.9 Å². The van der Waals surface area contributed by atoms with E-state index in [1.165, 1.54) is 27.9 Å². The van der Waals surface area contributed by atoms with E-state index in [2.05, 4.69) is 55.6 Å². The predicted octanol–water partition coefficient (Wildman–Crippen LogP) is 3.85. The molecule has 0 aliphatic carbocycles. The number of anilines is 1. The fourth-order valence-electron chi connectivity index (χ4n) is 2.67. The summed E-state index contributed by atoms with van der Waals surface area (Å²) < 4.78 is 5.52. The maximum absolute atomic E-state index is 5.52. The Morgan fingerprint density at radius 2 is 1.84 bits per heavy atom. The molecule has 0 aromatic heterocycles. The lowest BCUT2D eigenvalue weighted by molar-refractivity contribution is 0.357. The van der Waals surface area contributed by atoms with E-state index >= 15 is 0 Å². The lowest BCUT2D eigenvalue weighted by Gasteiger charge is -2.09. The molecule has 3 rings (SSSR count). The third-order valence-corrected chi connectivity index (χ3v) is 3.47. The Hall–Kier alpha value is -1.96. The van der Waals surface area contributed by atoms with Gasteiger partial charge in [0.25, 0.3) is 0 Å². The van der Waals surface area contributed by atoms with Gasteiger partial charge in [-0.15, -0.1) is 0 Å². The van der Waals surface area contributed by atoms with Gasteiger partial charge in [0.15, 0.2) is 0 Å². The SMILES string of the molecule is Cc1cc(C)cc(CNc2ccc3c(c2)CCO3)c1. The van der Waals surface area contributed by atoms with Crippen LogP contribution in [0, 0.1) is 13.8 Å². The molecule has 0 bridgehead atoms. The smallest absolute Gasteiger partial charge is 0.122 e. The van der Waals surface area contributed by atoms with Crippen LogP contribution < -0.4 is 10.1 Å². The normalized spacial score (nSPS) is 12.9. The van der Waals surface area contributed by atoms with E-state index in [9.17, 15) is 0 Å². The highest BCUT2D eigenvalue weighted by Gasteiger charge is 2.11. The second kappa shape index (κ2) is 4.96. The molecule has 98 valence electrons. The molecule has 0 fully saturated rings. The molecule has 0 spiro atoms. The van der Waals surface area contributed by atoms with Crippen molar-refractivity contribution in [1.29, 1.82) is 0 Å². The number of nitrogens with one attached hydrogen (secondary N) is 1. The van der Waals surface area contributed by atoms with Gasteiger partial charge in [0, 0.05) is 18.7 Å². The largest absolute Gasteiger partial charge is 0.493 e. The van der Waals surface area contributed by atoms with Crippen molar-refractivity contribution in [1.82, 2.24) is 0 Å². The number of fused-ring (bicyclic) bond motifs is 1. The third kappa shape index (κ3) is 2.73. The van der Waals surface area contributed by atoms with Crippen LogP contribution in [0.1, 0.15) is 22.3 Å². The van der Waals surface area contributed by atoms with Crippen molar-refractivity contribution in [3.05, 3.63) is 58.7 Å². The van der Waals surface area contributed by atoms with Crippen LogP contribution in [0.4, 0.5) is 5.69 Å². The Kier molecular flexibility index (Phi) is 3.16. The minimum absolute atomic E-state index is 0.815. The molecular weight excluding hydrogens is 234 g/mol. The molecule has 1 aliphatic rings. The Labute approximate surface area is 114 Å². The topological polar surface area (TPSA) is 21.3 Å². The monoisotopic (exact) mass is 253 g/mol. The quantitative estimate of drug-likeness (QED) is 0.897. The van der Waals surface area contributed by atoms with Crippen molar-refractivity contribution in [2.24, 2.45) is 0 Å². The highest BCUT2D eigenvalue weighted by Crippen LogP contribution is 2.28. The lowest BCUT2D eigenvalue weighted by Crippen LogP contribution is -2.00. The van der Waals surface area contributed by atoms with E-state index in [1.54, 1.807) is 0 Å². The average Bonchev–Trinajstić information content (AvgIpc) is 2.82. The van der Waals surface area contributed by atoms with Crippen LogP contribution in [-0.4, -0.2) is 6.61 Å². The first kappa shape index (κ1) is 12.1. The summed E-state index contributed by atoms with van der Waals surface area (Å²) in [5.74, 6) is 1.04. The summed E-state index contributed by atoms with van der Waals surface area (Å²) in [7, 11) is 0. The van der Waals surface area contributed by atoms with Gasteiger partial charge in [-0.25, -0.2) is 0 Å². The zero-order chi connectivity index (χ0) is 13.2. The Morgan fingerprint density at radius 3 is 2.63 bits per heavy atom. The van der Waals surface area contributed by atoms with Gasteiger partial charge in [-0.3, -0.25) is 0 Å². The molecular formula is C17H19NO. The van der Waals surface area contributed by atoms with Crippen LogP contribution in [0.2, 0.25) is 0 Å². The maximum atomic E-state index is 5.52. The van der Waals surface area contributed by atoms with Gasteiger partial charge in [0.1, 0.15) is 5.75 Å². The minimum atomic E-state index is 0.815. The summed E-state index contributed by atoms with van der Waals surface area (Å²) in [5.41, 5.74) is 6.45. The first-order chi connectivity index (χ1) is 9.20. The molecule has 0 radical (unpaired) electrons. The van der Waals surface area contributed by atoms with E-state index < -0.39 is 0 Å². The van der Waals surface area contributed by atoms with E-state index in [1.807, 2.05) is 0 Å². The van der Waals surface area contributed by atoms with E-state index in [-0.39, 0.29) is 0 Å². The summed E-state index contributed by atoms with van der Waals surface area (Å²) >= 11 is 0. The van der Waals surface area contributed by atoms with Crippen molar-refractivity contribution in [3.8, 4) is 5.75 Å². The van der Waals surface area contributed by atoms with Crippen molar-refractivity contribution in [2.45, 2.75) is 26.8 Å². The zero-order valence-electron chi connectivity index (χ0n) is 11.5. The van der Waals surface area contributed by atoms with Gasteiger partial charge in [-0.05, 0) is 43.2 Å². The van der Waals surface area contributed by atoms with E-state index in [4.69, 9.17) is 4.74 Å². The second-order valence-electron chi connectivity index (χ2n) is 5.27. The molecule has 1 heterocycles. The van der Waals surface area contributed by atoms with E-state index in [0.29, 0.717) is 0 Å². The first-order valence-electron chi connectivity index (χ1n) is 6.77. The molecule has 0 atom stereocenters. The summed E-state index contributed by atoms with van der Waals surface area (Å²) in [6, 6.07) is 13.0. The second-order valence-corrected chi connectivity index (χ2v) is 5.27.